The number of hydrogen-bond donors (Lipinski definition) is 1. The summed E-state index contributed by atoms with van der Waals surface area (Å²) < 4.78 is 18.8. The van der Waals surface area contributed by atoms with Gasteiger partial charge in [-0.3, -0.25) is 4.79 Å². The molecule has 1 aromatic heterocycles. The Morgan fingerprint density at radius 3 is 2.67 bits per heavy atom. The van der Waals surface area contributed by atoms with E-state index in [0.717, 1.165) is 16.2 Å². The highest BCUT2D eigenvalue weighted by molar-refractivity contribution is 6.31. The van der Waals surface area contributed by atoms with Gasteiger partial charge in [0.1, 0.15) is 11.4 Å². The van der Waals surface area contributed by atoms with Crippen molar-refractivity contribution in [1.82, 2.24) is 0 Å². The van der Waals surface area contributed by atoms with Crippen LogP contribution in [0.4, 0.5) is 10.1 Å². The second-order valence-corrected chi connectivity index (χ2v) is 5.80. The van der Waals surface area contributed by atoms with Crippen molar-refractivity contribution in [2.45, 2.75) is 0 Å². The number of carbonyl (C=O) groups excluding carboxylic acids is 1. The molecule has 4 aromatic rings. The number of nitrogens with one attached hydrogen (secondary N) is 1. The first-order valence-corrected chi connectivity index (χ1v) is 7.67. The van der Waals surface area contributed by atoms with E-state index in [4.69, 9.17) is 16.0 Å². The lowest BCUT2D eigenvalue weighted by molar-refractivity contribution is 0.0998. The predicted octanol–water partition coefficient (Wildman–Crippen LogP) is 5.63. The van der Waals surface area contributed by atoms with E-state index in [9.17, 15) is 9.18 Å². The standard InChI is InChI=1S/C19H11ClFNO2/c20-15-9-12(6-7-16(15)21)22-19(23)18-10-14-13-4-2-1-3-11(13)5-8-17(14)24-18/h1-10H,(H,22,23). The molecule has 0 fully saturated rings. The second-order valence-electron chi connectivity index (χ2n) is 5.39. The molecule has 0 atom stereocenters. The van der Waals surface area contributed by atoms with Gasteiger partial charge in [-0.25, -0.2) is 4.39 Å². The maximum absolute atomic E-state index is 13.2. The normalized spacial score (nSPS) is 11.1. The molecule has 118 valence electrons. The number of benzene rings is 3. The highest BCUT2D eigenvalue weighted by Crippen LogP contribution is 2.28. The van der Waals surface area contributed by atoms with Gasteiger partial charge in [0.05, 0.1) is 5.02 Å². The summed E-state index contributed by atoms with van der Waals surface area (Å²) in [6, 6.07) is 17.4. The van der Waals surface area contributed by atoms with Crippen LogP contribution < -0.4 is 5.32 Å². The predicted molar refractivity (Wildman–Crippen MR) is 93.1 cm³/mol. The average Bonchev–Trinajstić information content (AvgIpc) is 3.03. The minimum Gasteiger partial charge on any atom is -0.451 e. The van der Waals surface area contributed by atoms with Crippen LogP contribution in [-0.4, -0.2) is 5.91 Å². The molecule has 0 bridgehead atoms. The van der Waals surface area contributed by atoms with Crippen molar-refractivity contribution in [3.05, 3.63) is 77.3 Å². The SMILES string of the molecule is O=C(Nc1ccc(F)c(Cl)c1)c1cc2c(ccc3ccccc32)o1. The molecule has 0 spiro atoms. The summed E-state index contributed by atoms with van der Waals surface area (Å²) in [4.78, 5) is 12.4. The number of hydrogen-bond acceptors (Lipinski definition) is 2. The van der Waals surface area contributed by atoms with Crippen LogP contribution in [0, 0.1) is 5.82 Å². The van der Waals surface area contributed by atoms with Gasteiger partial charge in [-0.2, -0.15) is 0 Å². The Labute approximate surface area is 141 Å². The molecule has 3 aromatic carbocycles. The van der Waals surface area contributed by atoms with Crippen LogP contribution in [-0.2, 0) is 0 Å². The molecule has 0 radical (unpaired) electrons. The van der Waals surface area contributed by atoms with E-state index in [-0.39, 0.29) is 10.8 Å². The molecule has 5 heteroatoms. The number of rotatable bonds is 2. The van der Waals surface area contributed by atoms with Gasteiger partial charge in [-0.15, -0.1) is 0 Å². The van der Waals surface area contributed by atoms with Crippen molar-refractivity contribution < 1.29 is 13.6 Å². The number of amides is 1. The van der Waals surface area contributed by atoms with Gasteiger partial charge in [0.25, 0.3) is 5.91 Å². The van der Waals surface area contributed by atoms with Gasteiger partial charge in [0.2, 0.25) is 0 Å². The molecule has 0 saturated heterocycles. The van der Waals surface area contributed by atoms with Crippen LogP contribution in [0.5, 0.6) is 0 Å². The topological polar surface area (TPSA) is 42.2 Å². The Balaban J connectivity index is 1.71. The molecular weight excluding hydrogens is 329 g/mol. The Hall–Kier alpha value is -2.85. The number of anilines is 1. The van der Waals surface area contributed by atoms with Gasteiger partial charge in [0.15, 0.2) is 5.76 Å². The van der Waals surface area contributed by atoms with Gasteiger partial charge in [0, 0.05) is 11.1 Å². The third-order valence-corrected chi connectivity index (χ3v) is 4.12. The number of carbonyl (C=O) groups is 1. The van der Waals surface area contributed by atoms with Crippen LogP contribution in [0.1, 0.15) is 10.6 Å². The monoisotopic (exact) mass is 339 g/mol. The van der Waals surface area contributed by atoms with E-state index in [0.29, 0.717) is 11.3 Å². The molecule has 24 heavy (non-hydrogen) atoms. The quantitative estimate of drug-likeness (QED) is 0.514. The maximum Gasteiger partial charge on any atom is 0.291 e. The molecule has 0 aliphatic carbocycles. The van der Waals surface area contributed by atoms with Crippen molar-refractivity contribution >= 4 is 44.9 Å². The van der Waals surface area contributed by atoms with Crippen molar-refractivity contribution in [3.8, 4) is 0 Å². The first-order chi connectivity index (χ1) is 11.6. The van der Waals surface area contributed by atoms with Gasteiger partial charge >= 0.3 is 0 Å². The van der Waals surface area contributed by atoms with E-state index in [1.807, 2.05) is 36.4 Å². The molecule has 1 N–H and O–H groups in total. The summed E-state index contributed by atoms with van der Waals surface area (Å²) in [5.74, 6) is -0.773. The Bertz CT molecular complexity index is 1090. The molecule has 0 unspecified atom stereocenters. The summed E-state index contributed by atoms with van der Waals surface area (Å²) in [5, 5.41) is 5.56. The molecular formula is C19H11ClFNO2. The third-order valence-electron chi connectivity index (χ3n) is 3.83. The van der Waals surface area contributed by atoms with Gasteiger partial charge < -0.3 is 9.73 Å². The van der Waals surface area contributed by atoms with E-state index in [1.165, 1.54) is 18.2 Å². The number of halogens is 2. The summed E-state index contributed by atoms with van der Waals surface area (Å²) in [5.41, 5.74) is 1.03. The highest BCUT2D eigenvalue weighted by Gasteiger charge is 2.14. The minimum absolute atomic E-state index is 0.0524. The van der Waals surface area contributed by atoms with Gasteiger partial charge in [-0.1, -0.05) is 41.9 Å². The minimum atomic E-state index is -0.537. The highest BCUT2D eigenvalue weighted by atomic mass is 35.5. The Morgan fingerprint density at radius 2 is 1.83 bits per heavy atom. The van der Waals surface area contributed by atoms with E-state index in [1.54, 1.807) is 6.07 Å². The molecule has 3 nitrogen and oxygen atoms in total. The zero-order valence-electron chi connectivity index (χ0n) is 12.3. The molecule has 0 aliphatic rings. The van der Waals surface area contributed by atoms with Crippen molar-refractivity contribution in [3.63, 3.8) is 0 Å². The molecule has 0 saturated carbocycles. The van der Waals surface area contributed by atoms with Crippen LogP contribution >= 0.6 is 11.6 Å². The molecule has 0 aliphatic heterocycles. The van der Waals surface area contributed by atoms with E-state index < -0.39 is 11.7 Å². The third kappa shape index (κ3) is 2.51. The summed E-state index contributed by atoms with van der Waals surface area (Å²) in [7, 11) is 0. The van der Waals surface area contributed by atoms with Crippen LogP contribution in [0.2, 0.25) is 5.02 Å². The number of furan rings is 1. The van der Waals surface area contributed by atoms with Crippen molar-refractivity contribution in [2.75, 3.05) is 5.32 Å². The molecule has 1 amide bonds. The summed E-state index contributed by atoms with van der Waals surface area (Å²) in [6.07, 6.45) is 0. The lowest BCUT2D eigenvalue weighted by Crippen LogP contribution is -2.10. The first kappa shape index (κ1) is 14.7. The Kier molecular flexibility index (Phi) is 3.47. The second kappa shape index (κ2) is 5.65. The number of fused-ring (bicyclic) bond motifs is 3. The molecule has 4 rings (SSSR count). The van der Waals surface area contributed by atoms with E-state index in [2.05, 4.69) is 5.32 Å². The van der Waals surface area contributed by atoms with Crippen LogP contribution in [0.3, 0.4) is 0 Å². The fourth-order valence-corrected chi connectivity index (χ4v) is 2.85. The largest absolute Gasteiger partial charge is 0.451 e. The van der Waals surface area contributed by atoms with Crippen molar-refractivity contribution in [2.24, 2.45) is 0 Å². The van der Waals surface area contributed by atoms with E-state index >= 15 is 0 Å². The average molecular weight is 340 g/mol. The fourth-order valence-electron chi connectivity index (χ4n) is 2.67. The smallest absolute Gasteiger partial charge is 0.291 e. The maximum atomic E-state index is 13.2. The lowest BCUT2D eigenvalue weighted by Gasteiger charge is -2.03. The summed E-state index contributed by atoms with van der Waals surface area (Å²) in [6.45, 7) is 0. The van der Waals surface area contributed by atoms with Crippen LogP contribution in [0.15, 0.2) is 65.1 Å². The fraction of sp³-hybridized carbons (Fsp3) is 0. The summed E-state index contributed by atoms with van der Waals surface area (Å²) >= 11 is 5.72. The van der Waals surface area contributed by atoms with Gasteiger partial charge in [-0.05, 0) is 41.1 Å². The zero-order valence-corrected chi connectivity index (χ0v) is 13.1. The van der Waals surface area contributed by atoms with Crippen molar-refractivity contribution in [1.29, 1.82) is 0 Å². The van der Waals surface area contributed by atoms with Crippen LogP contribution in [0.25, 0.3) is 21.7 Å². The Morgan fingerprint density at radius 1 is 1.00 bits per heavy atom. The first-order valence-electron chi connectivity index (χ1n) is 7.29. The molecule has 1 heterocycles. The lowest BCUT2D eigenvalue weighted by atomic mass is 10.1. The zero-order chi connectivity index (χ0) is 16.7.